The fraction of sp³-hybridized carbons (Fsp3) is 0.625. The van der Waals surface area contributed by atoms with E-state index in [1.165, 1.54) is 0 Å². The molecule has 0 bridgehead atoms. The minimum Gasteiger partial charge on any atom is -0.373 e. The van der Waals surface area contributed by atoms with Crippen molar-refractivity contribution in [2.24, 2.45) is 0 Å². The Labute approximate surface area is 141 Å². The lowest BCUT2D eigenvalue weighted by Gasteiger charge is -2.35. The third-order valence-corrected chi connectivity index (χ3v) is 4.03. The van der Waals surface area contributed by atoms with Gasteiger partial charge in [0, 0.05) is 37.6 Å². The van der Waals surface area contributed by atoms with Gasteiger partial charge in [0.25, 0.3) is 11.7 Å². The maximum atomic E-state index is 12.3. The number of aryl methyl sites for hydroxylation is 2. The van der Waals surface area contributed by atoms with E-state index in [0.29, 0.717) is 12.3 Å². The van der Waals surface area contributed by atoms with Crippen molar-refractivity contribution < 1.29 is 9.53 Å². The first-order valence-electron chi connectivity index (χ1n) is 8.29. The van der Waals surface area contributed by atoms with Gasteiger partial charge in [-0.15, -0.1) is 5.10 Å². The van der Waals surface area contributed by atoms with Crippen LogP contribution in [0.2, 0.25) is 0 Å². The van der Waals surface area contributed by atoms with Crippen molar-refractivity contribution >= 4 is 11.7 Å². The Kier molecular flexibility index (Phi) is 4.77. The van der Waals surface area contributed by atoms with Crippen LogP contribution < -0.4 is 5.32 Å². The minimum atomic E-state index is -0.271. The van der Waals surface area contributed by atoms with E-state index in [2.05, 4.69) is 39.1 Å². The number of carbonyl (C=O) groups is 1. The van der Waals surface area contributed by atoms with Crippen molar-refractivity contribution in [1.29, 1.82) is 0 Å². The monoisotopic (exact) mass is 332 g/mol. The highest BCUT2D eigenvalue weighted by atomic mass is 16.5. The zero-order chi connectivity index (χ0) is 17.3. The molecule has 2 unspecified atom stereocenters. The average Bonchev–Trinajstić information content (AvgIpc) is 2.90. The highest BCUT2D eigenvalue weighted by Gasteiger charge is 2.22. The molecule has 1 amide bonds. The topological polar surface area (TPSA) is 84.7 Å². The molecule has 130 valence electrons. The Morgan fingerprint density at radius 2 is 2.00 bits per heavy atom. The summed E-state index contributed by atoms with van der Waals surface area (Å²) >= 11 is 0. The van der Waals surface area contributed by atoms with Crippen molar-refractivity contribution in [2.75, 3.05) is 26.2 Å². The lowest BCUT2D eigenvalue weighted by atomic mass is 10.2. The second-order valence-electron chi connectivity index (χ2n) is 6.46. The van der Waals surface area contributed by atoms with Crippen molar-refractivity contribution in [3.63, 3.8) is 0 Å². The van der Waals surface area contributed by atoms with Crippen molar-refractivity contribution in [2.45, 2.75) is 39.9 Å². The number of carbonyl (C=O) groups excluding carboxylic acids is 1. The van der Waals surface area contributed by atoms with Crippen LogP contribution in [-0.2, 0) is 4.74 Å². The molecule has 2 atom stereocenters. The van der Waals surface area contributed by atoms with Gasteiger partial charge in [0.1, 0.15) is 0 Å². The first-order chi connectivity index (χ1) is 11.4. The summed E-state index contributed by atoms with van der Waals surface area (Å²) in [6.07, 6.45) is 0.448. The molecule has 1 saturated heterocycles. The maximum absolute atomic E-state index is 12.3. The van der Waals surface area contributed by atoms with Gasteiger partial charge in [-0.25, -0.2) is 9.50 Å². The third-order valence-electron chi connectivity index (χ3n) is 4.03. The fourth-order valence-electron chi connectivity index (χ4n) is 3.14. The maximum Gasteiger partial charge on any atom is 0.291 e. The van der Waals surface area contributed by atoms with E-state index < -0.39 is 0 Å². The molecule has 1 fully saturated rings. The van der Waals surface area contributed by atoms with Crippen LogP contribution in [0.15, 0.2) is 6.07 Å². The number of hydrogen-bond donors (Lipinski definition) is 1. The molecule has 0 spiro atoms. The van der Waals surface area contributed by atoms with E-state index in [0.717, 1.165) is 31.0 Å². The second-order valence-corrected chi connectivity index (χ2v) is 6.46. The molecule has 1 N–H and O–H groups in total. The Morgan fingerprint density at radius 1 is 1.29 bits per heavy atom. The van der Waals surface area contributed by atoms with Gasteiger partial charge in [-0.2, -0.15) is 4.98 Å². The molecule has 0 aliphatic carbocycles. The van der Waals surface area contributed by atoms with Crippen LogP contribution in [0, 0.1) is 13.8 Å². The second kappa shape index (κ2) is 6.82. The largest absolute Gasteiger partial charge is 0.373 e. The molecular formula is C16H24N6O2. The zero-order valence-corrected chi connectivity index (χ0v) is 14.6. The van der Waals surface area contributed by atoms with E-state index in [-0.39, 0.29) is 23.9 Å². The lowest BCUT2D eigenvalue weighted by molar-refractivity contribution is -0.0672. The Morgan fingerprint density at radius 3 is 2.71 bits per heavy atom. The summed E-state index contributed by atoms with van der Waals surface area (Å²) < 4.78 is 7.30. The van der Waals surface area contributed by atoms with Crippen LogP contribution in [0.1, 0.15) is 35.9 Å². The number of rotatable bonds is 4. The number of aromatic nitrogens is 4. The van der Waals surface area contributed by atoms with Crippen LogP contribution in [0.25, 0.3) is 5.78 Å². The van der Waals surface area contributed by atoms with E-state index in [1.54, 1.807) is 4.52 Å². The summed E-state index contributed by atoms with van der Waals surface area (Å²) in [5.41, 5.74) is 1.76. The van der Waals surface area contributed by atoms with Gasteiger partial charge in [0.15, 0.2) is 0 Å². The Balaban J connectivity index is 1.58. The number of nitrogens with one attached hydrogen (secondary N) is 1. The van der Waals surface area contributed by atoms with E-state index in [9.17, 15) is 4.79 Å². The SMILES string of the molecule is Cc1cc(C)n2nc(C(=O)NCCN3CC(C)OC(C)C3)nc2n1. The summed E-state index contributed by atoms with van der Waals surface area (Å²) in [4.78, 5) is 23.1. The molecule has 3 heterocycles. The molecule has 1 aliphatic heterocycles. The van der Waals surface area contributed by atoms with Crippen LogP contribution >= 0.6 is 0 Å². The normalized spacial score (nSPS) is 22.0. The molecule has 8 heteroatoms. The molecule has 2 aromatic heterocycles. The molecular weight excluding hydrogens is 308 g/mol. The smallest absolute Gasteiger partial charge is 0.291 e. The Bertz CT molecular complexity index is 733. The van der Waals surface area contributed by atoms with Crippen molar-refractivity contribution in [1.82, 2.24) is 29.8 Å². The highest BCUT2D eigenvalue weighted by Crippen LogP contribution is 2.09. The fourth-order valence-corrected chi connectivity index (χ4v) is 3.14. The van der Waals surface area contributed by atoms with Crippen molar-refractivity contribution in [3.05, 3.63) is 23.3 Å². The molecule has 24 heavy (non-hydrogen) atoms. The molecule has 0 saturated carbocycles. The van der Waals surface area contributed by atoms with Crippen LogP contribution in [-0.4, -0.2) is 68.8 Å². The summed E-state index contributed by atoms with van der Waals surface area (Å²) in [7, 11) is 0. The van der Waals surface area contributed by atoms with Gasteiger partial charge in [-0.05, 0) is 33.8 Å². The number of morpholine rings is 1. The quantitative estimate of drug-likeness (QED) is 0.882. The Hall–Kier alpha value is -2.06. The van der Waals surface area contributed by atoms with Gasteiger partial charge >= 0.3 is 0 Å². The number of ether oxygens (including phenoxy) is 1. The predicted molar refractivity (Wildman–Crippen MR) is 89.0 cm³/mol. The molecule has 3 rings (SSSR count). The molecule has 8 nitrogen and oxygen atoms in total. The number of amides is 1. The summed E-state index contributed by atoms with van der Waals surface area (Å²) in [5.74, 6) is 0.334. The summed E-state index contributed by atoms with van der Waals surface area (Å²) in [6.45, 7) is 11.1. The van der Waals surface area contributed by atoms with Gasteiger partial charge in [0.05, 0.1) is 12.2 Å². The number of nitrogens with zero attached hydrogens (tertiary/aromatic N) is 5. The van der Waals surface area contributed by atoms with Crippen LogP contribution in [0.5, 0.6) is 0 Å². The lowest BCUT2D eigenvalue weighted by Crippen LogP contribution is -2.47. The summed E-state index contributed by atoms with van der Waals surface area (Å²) in [5, 5.41) is 7.12. The van der Waals surface area contributed by atoms with E-state index in [4.69, 9.17) is 4.74 Å². The molecule has 1 aliphatic rings. The highest BCUT2D eigenvalue weighted by molar-refractivity contribution is 5.90. The molecule has 2 aromatic rings. The van der Waals surface area contributed by atoms with Gasteiger partial charge in [0.2, 0.25) is 5.82 Å². The number of fused-ring (bicyclic) bond motifs is 1. The molecule has 0 radical (unpaired) electrons. The van der Waals surface area contributed by atoms with Gasteiger partial charge < -0.3 is 10.1 Å². The van der Waals surface area contributed by atoms with Crippen LogP contribution in [0.3, 0.4) is 0 Å². The van der Waals surface area contributed by atoms with Crippen molar-refractivity contribution in [3.8, 4) is 0 Å². The van der Waals surface area contributed by atoms with E-state index in [1.807, 2.05) is 19.9 Å². The standard InChI is InChI=1S/C16H24N6O2/c1-10-7-11(2)22-16(18-10)19-14(20-22)15(23)17-5-6-21-8-12(3)24-13(4)9-21/h7,12-13H,5-6,8-9H2,1-4H3,(H,17,23). The third kappa shape index (κ3) is 3.70. The minimum absolute atomic E-state index is 0.153. The summed E-state index contributed by atoms with van der Waals surface area (Å²) in [6, 6.07) is 1.91. The first kappa shape index (κ1) is 16.8. The number of hydrogen-bond acceptors (Lipinski definition) is 6. The van der Waals surface area contributed by atoms with Gasteiger partial charge in [-0.1, -0.05) is 0 Å². The van der Waals surface area contributed by atoms with E-state index >= 15 is 0 Å². The zero-order valence-electron chi connectivity index (χ0n) is 14.6. The van der Waals surface area contributed by atoms with Crippen LogP contribution in [0.4, 0.5) is 0 Å². The predicted octanol–water partition coefficient (Wildman–Crippen LogP) is 0.580. The molecule has 0 aromatic carbocycles. The average molecular weight is 332 g/mol. The van der Waals surface area contributed by atoms with Gasteiger partial charge in [-0.3, -0.25) is 9.69 Å². The first-order valence-corrected chi connectivity index (χ1v) is 8.29.